The highest BCUT2D eigenvalue weighted by molar-refractivity contribution is 5.91. The van der Waals surface area contributed by atoms with Gasteiger partial charge in [0.1, 0.15) is 37.5 Å². The molecular formula is C45H68N4O25. The number of ether oxygens (including phenoxy) is 12. The molecule has 2 rings (SSSR count). The second-order valence-corrected chi connectivity index (χ2v) is 16.8. The fourth-order valence-electron chi connectivity index (χ4n) is 7.36. The number of hydrogen-bond acceptors (Lipinski definition) is 25. The number of rotatable bonds is 29. The molecule has 29 nitrogen and oxygen atoms in total. The summed E-state index contributed by atoms with van der Waals surface area (Å²) in [6.45, 7) is 8.98. The van der Waals surface area contributed by atoms with Crippen molar-refractivity contribution in [2.75, 3.05) is 52.6 Å². The molecule has 2 saturated heterocycles. The average molecular weight is 1070 g/mol. The highest BCUT2D eigenvalue weighted by atomic mass is 16.7. The van der Waals surface area contributed by atoms with Crippen LogP contribution in [0.1, 0.15) is 88.5 Å². The Kier molecular flexibility index (Phi) is 27.4. The molecule has 0 aromatic rings. The van der Waals surface area contributed by atoms with E-state index in [1.54, 1.807) is 4.90 Å². The van der Waals surface area contributed by atoms with Gasteiger partial charge < -0.3 is 77.9 Å². The van der Waals surface area contributed by atoms with Gasteiger partial charge >= 0.3 is 53.7 Å². The minimum absolute atomic E-state index is 0.0255. The third-order valence-corrected chi connectivity index (χ3v) is 10.4. The molecule has 0 aromatic carbocycles. The molecule has 3 amide bonds. The first kappa shape index (κ1) is 63.6. The van der Waals surface area contributed by atoms with E-state index in [4.69, 9.17) is 56.8 Å². The maximum Gasteiger partial charge on any atom is 0.325 e. The Hall–Kier alpha value is -6.56. The maximum absolute atomic E-state index is 13.2. The summed E-state index contributed by atoms with van der Waals surface area (Å²) in [7, 11) is 0. The van der Waals surface area contributed by atoms with Crippen LogP contribution < -0.4 is 16.0 Å². The Labute approximate surface area is 425 Å². The summed E-state index contributed by atoms with van der Waals surface area (Å²) in [5, 5.41) is 16.5. The zero-order valence-electron chi connectivity index (χ0n) is 42.9. The summed E-state index contributed by atoms with van der Waals surface area (Å²) in [6.07, 6.45) is -14.4. The SMILES string of the molecule is CC(=O)NCC(=O)N[C@@H](CCCCN(CCO[C@H]1O[C@H](COC(C)=O)[C@@H](OC(C)=O)[C@H](OC(C)=O)[C@@H]1OC(C)=O)CCO[C@H]1O[C@H](COC(C)=O)[C@@H](OC(C)=O)[C@H](OC(C)=O)[C@@H]1OC(C)=O)C(=O)N[C@@H](C)C(=O)O. The number of aliphatic carboxylic acids is 1. The molecular weight excluding hydrogens is 996 g/mol. The van der Waals surface area contributed by atoms with Gasteiger partial charge in [0.2, 0.25) is 17.7 Å². The molecule has 29 heteroatoms. The molecule has 2 aliphatic heterocycles. The van der Waals surface area contributed by atoms with Gasteiger partial charge in [0.05, 0.1) is 19.8 Å². The summed E-state index contributed by atoms with van der Waals surface area (Å²) >= 11 is 0. The van der Waals surface area contributed by atoms with E-state index < -0.39 is 165 Å². The van der Waals surface area contributed by atoms with E-state index in [0.29, 0.717) is 0 Å². The van der Waals surface area contributed by atoms with E-state index in [2.05, 4.69) is 16.0 Å². The first-order chi connectivity index (χ1) is 34.7. The molecule has 0 bridgehead atoms. The minimum atomic E-state index is -1.56. The fraction of sp³-hybridized carbons (Fsp3) is 0.733. The number of carbonyl (C=O) groups is 12. The number of hydrogen-bond donors (Lipinski definition) is 4. The van der Waals surface area contributed by atoms with Gasteiger partial charge in [-0.2, -0.15) is 0 Å². The largest absolute Gasteiger partial charge is 0.480 e. The molecule has 0 unspecified atom stereocenters. The Balaban J connectivity index is 2.52. The van der Waals surface area contributed by atoms with Gasteiger partial charge in [-0.3, -0.25) is 62.4 Å². The number of nitrogens with zero attached hydrogens (tertiary/aromatic N) is 1. The van der Waals surface area contributed by atoms with Crippen molar-refractivity contribution in [3.05, 3.63) is 0 Å². The normalized spacial score (nSPS) is 24.0. The predicted molar refractivity (Wildman–Crippen MR) is 242 cm³/mol. The lowest BCUT2D eigenvalue weighted by atomic mass is 9.98. The van der Waals surface area contributed by atoms with Crippen LogP contribution in [0.15, 0.2) is 0 Å². The summed E-state index contributed by atoms with van der Waals surface area (Å²) in [6, 6.07) is -2.57. The van der Waals surface area contributed by atoms with Crippen LogP contribution in [0.2, 0.25) is 0 Å². The van der Waals surface area contributed by atoms with Gasteiger partial charge in [0.25, 0.3) is 0 Å². The van der Waals surface area contributed by atoms with Gasteiger partial charge in [-0.05, 0) is 32.7 Å². The minimum Gasteiger partial charge on any atom is -0.480 e. The molecule has 418 valence electrons. The summed E-state index contributed by atoms with van der Waals surface area (Å²) in [4.78, 5) is 148. The number of esters is 8. The lowest BCUT2D eigenvalue weighted by Crippen LogP contribution is -2.63. The number of carbonyl (C=O) groups excluding carboxylic acids is 11. The molecule has 0 saturated carbocycles. The van der Waals surface area contributed by atoms with Crippen molar-refractivity contribution in [1.29, 1.82) is 0 Å². The van der Waals surface area contributed by atoms with E-state index in [1.165, 1.54) is 13.8 Å². The van der Waals surface area contributed by atoms with Gasteiger partial charge in [-0.1, -0.05) is 0 Å². The smallest absolute Gasteiger partial charge is 0.325 e. The van der Waals surface area contributed by atoms with Crippen LogP contribution >= 0.6 is 0 Å². The van der Waals surface area contributed by atoms with Crippen LogP contribution in [-0.2, 0) is 114 Å². The van der Waals surface area contributed by atoms with Crippen molar-refractivity contribution in [1.82, 2.24) is 20.9 Å². The van der Waals surface area contributed by atoms with E-state index in [0.717, 1.165) is 55.4 Å². The lowest BCUT2D eigenvalue weighted by molar-refractivity contribution is -0.310. The second kappa shape index (κ2) is 31.9. The van der Waals surface area contributed by atoms with Crippen LogP contribution in [0.25, 0.3) is 0 Å². The summed E-state index contributed by atoms with van der Waals surface area (Å²) in [5.74, 6) is -10.1. The van der Waals surface area contributed by atoms with Crippen molar-refractivity contribution in [3.63, 3.8) is 0 Å². The first-order valence-corrected chi connectivity index (χ1v) is 23.3. The van der Waals surface area contributed by atoms with Gasteiger partial charge in [-0.15, -0.1) is 0 Å². The Morgan fingerprint density at radius 1 is 0.514 bits per heavy atom. The quantitative estimate of drug-likeness (QED) is 0.0353. The van der Waals surface area contributed by atoms with Crippen LogP contribution in [0.4, 0.5) is 0 Å². The third kappa shape index (κ3) is 23.5. The second-order valence-electron chi connectivity index (χ2n) is 16.8. The van der Waals surface area contributed by atoms with E-state index >= 15 is 0 Å². The molecule has 0 radical (unpaired) electrons. The van der Waals surface area contributed by atoms with Gasteiger partial charge in [0.15, 0.2) is 49.2 Å². The predicted octanol–water partition coefficient (Wildman–Crippen LogP) is -2.13. The molecule has 2 fully saturated rings. The molecule has 0 spiro atoms. The molecule has 12 atom stereocenters. The maximum atomic E-state index is 13.2. The molecule has 2 aliphatic rings. The molecule has 0 aromatic heterocycles. The van der Waals surface area contributed by atoms with E-state index in [-0.39, 0.29) is 52.1 Å². The lowest BCUT2D eigenvalue weighted by Gasteiger charge is -2.44. The third-order valence-electron chi connectivity index (χ3n) is 10.4. The van der Waals surface area contributed by atoms with Crippen molar-refractivity contribution in [2.24, 2.45) is 0 Å². The topological polar surface area (TPSA) is 375 Å². The van der Waals surface area contributed by atoms with Gasteiger partial charge in [0, 0.05) is 75.4 Å². The number of unbranched alkanes of at least 4 members (excludes halogenated alkanes) is 1. The van der Waals surface area contributed by atoms with Crippen LogP contribution in [0.5, 0.6) is 0 Å². The van der Waals surface area contributed by atoms with Gasteiger partial charge in [-0.25, -0.2) is 0 Å². The number of carboxylic acids is 1. The Morgan fingerprint density at radius 3 is 1.27 bits per heavy atom. The first-order valence-electron chi connectivity index (χ1n) is 23.3. The van der Waals surface area contributed by atoms with Crippen molar-refractivity contribution >= 4 is 71.4 Å². The molecule has 2 heterocycles. The van der Waals surface area contributed by atoms with Crippen molar-refractivity contribution in [2.45, 2.75) is 162 Å². The number of carboxylic acid groups (broad SMARTS) is 1. The fourth-order valence-corrected chi connectivity index (χ4v) is 7.36. The van der Waals surface area contributed by atoms with Crippen LogP contribution in [0, 0.1) is 0 Å². The number of nitrogens with one attached hydrogen (secondary N) is 3. The summed E-state index contributed by atoms with van der Waals surface area (Å²) in [5.41, 5.74) is 0. The Morgan fingerprint density at radius 2 is 0.905 bits per heavy atom. The molecule has 4 N–H and O–H groups in total. The standard InChI is InChI=1S/C45H68N4O25/c1-22(43(61)62)47-42(60)32(48-35(59)19-46-23(2)50)13-11-12-14-49(15-17-63-44-40(71-30(9)57)38(69-28(7)55)36(67-26(5)53)33(73-44)20-65-24(3)51)16-18-64-45-41(72-31(10)58)39(70-29(8)56)37(68-27(6)54)34(74-45)21-66-25(4)52/h22,32-34,36-41,44-45H,11-21H2,1-10H3,(H,46,50)(H,47,60)(H,48,59)(H,61,62)/t22-,32-,33+,34+,36+,37+,38-,39-,40-,41-,44-,45-/m0/s1. The zero-order valence-corrected chi connectivity index (χ0v) is 42.9. The molecule has 74 heavy (non-hydrogen) atoms. The number of amides is 3. The zero-order chi connectivity index (χ0) is 55.8. The highest BCUT2D eigenvalue weighted by Gasteiger charge is 2.54. The van der Waals surface area contributed by atoms with Crippen molar-refractivity contribution in [3.8, 4) is 0 Å². The monoisotopic (exact) mass is 1060 g/mol. The summed E-state index contributed by atoms with van der Waals surface area (Å²) < 4.78 is 67.4. The van der Waals surface area contributed by atoms with E-state index in [9.17, 15) is 62.6 Å². The average Bonchev–Trinajstić information content (AvgIpc) is 3.27. The Bertz CT molecular complexity index is 1890. The van der Waals surface area contributed by atoms with Crippen LogP contribution in [-0.4, -0.2) is 208 Å². The van der Waals surface area contributed by atoms with Crippen molar-refractivity contribution < 1.29 is 119 Å². The van der Waals surface area contributed by atoms with Crippen LogP contribution in [0.3, 0.4) is 0 Å². The highest BCUT2D eigenvalue weighted by Crippen LogP contribution is 2.32. The molecule has 0 aliphatic carbocycles. The van der Waals surface area contributed by atoms with E-state index in [1.807, 2.05) is 0 Å².